The third-order valence-electron chi connectivity index (χ3n) is 4.42. The summed E-state index contributed by atoms with van der Waals surface area (Å²) in [6, 6.07) is 9.74. The first-order valence-corrected chi connectivity index (χ1v) is 8.11. The molecule has 0 radical (unpaired) electrons. The average Bonchev–Trinajstić information content (AvgIpc) is 2.70. The molecule has 1 saturated carbocycles. The molecule has 1 fully saturated rings. The van der Waals surface area contributed by atoms with Crippen molar-refractivity contribution in [1.82, 2.24) is 5.32 Å². The summed E-state index contributed by atoms with van der Waals surface area (Å²) in [5.41, 5.74) is 2.85. The van der Waals surface area contributed by atoms with E-state index in [2.05, 4.69) is 43.4 Å². The number of hydrogen-bond acceptors (Lipinski definition) is 1. The van der Waals surface area contributed by atoms with Gasteiger partial charge in [0.2, 0.25) is 0 Å². The Bertz CT molecular complexity index is 346. The van der Waals surface area contributed by atoms with Crippen LogP contribution in [0.2, 0.25) is 0 Å². The first kappa shape index (κ1) is 14.6. The SMILES string of the molecule is CCCNC(c1ccc(C)cc1)C1CCCCCC1. The minimum Gasteiger partial charge on any atom is -0.310 e. The Morgan fingerprint density at radius 2 is 1.68 bits per heavy atom. The lowest BCUT2D eigenvalue weighted by atomic mass is 9.87. The van der Waals surface area contributed by atoms with Crippen LogP contribution in [0.4, 0.5) is 0 Å². The Morgan fingerprint density at radius 3 is 2.26 bits per heavy atom. The van der Waals surface area contributed by atoms with E-state index in [4.69, 9.17) is 0 Å². The van der Waals surface area contributed by atoms with Gasteiger partial charge < -0.3 is 5.32 Å². The van der Waals surface area contributed by atoms with Crippen molar-refractivity contribution >= 4 is 0 Å². The summed E-state index contributed by atoms with van der Waals surface area (Å²) in [5.74, 6) is 0.830. The molecular weight excluding hydrogens is 230 g/mol. The summed E-state index contributed by atoms with van der Waals surface area (Å²) in [7, 11) is 0. The van der Waals surface area contributed by atoms with Gasteiger partial charge in [0, 0.05) is 6.04 Å². The summed E-state index contributed by atoms with van der Waals surface area (Å²) in [6.07, 6.45) is 9.72. The molecule has 1 heteroatoms. The lowest BCUT2D eigenvalue weighted by Gasteiger charge is -2.28. The van der Waals surface area contributed by atoms with Gasteiger partial charge in [-0.2, -0.15) is 0 Å². The predicted molar refractivity (Wildman–Crippen MR) is 83.4 cm³/mol. The van der Waals surface area contributed by atoms with Crippen LogP contribution >= 0.6 is 0 Å². The van der Waals surface area contributed by atoms with Gasteiger partial charge in [-0.1, -0.05) is 62.4 Å². The monoisotopic (exact) mass is 259 g/mol. The van der Waals surface area contributed by atoms with Crippen molar-refractivity contribution < 1.29 is 0 Å². The highest BCUT2D eigenvalue weighted by molar-refractivity contribution is 5.24. The molecule has 1 aromatic rings. The van der Waals surface area contributed by atoms with Gasteiger partial charge in [0.25, 0.3) is 0 Å². The Hall–Kier alpha value is -0.820. The number of hydrogen-bond donors (Lipinski definition) is 1. The van der Waals surface area contributed by atoms with Crippen molar-refractivity contribution in [2.75, 3.05) is 6.54 Å². The summed E-state index contributed by atoms with van der Waals surface area (Å²) >= 11 is 0. The number of rotatable bonds is 5. The number of benzene rings is 1. The van der Waals surface area contributed by atoms with E-state index in [1.165, 1.54) is 56.1 Å². The summed E-state index contributed by atoms with van der Waals surface area (Å²) < 4.78 is 0. The zero-order valence-corrected chi connectivity index (χ0v) is 12.6. The maximum Gasteiger partial charge on any atom is 0.0348 e. The molecule has 0 aromatic heterocycles. The van der Waals surface area contributed by atoms with Crippen LogP contribution in [0.5, 0.6) is 0 Å². The van der Waals surface area contributed by atoms with Gasteiger partial charge in [-0.05, 0) is 44.2 Å². The van der Waals surface area contributed by atoms with E-state index in [1.54, 1.807) is 0 Å². The van der Waals surface area contributed by atoms with E-state index in [-0.39, 0.29) is 0 Å². The maximum absolute atomic E-state index is 3.80. The highest BCUT2D eigenvalue weighted by Gasteiger charge is 2.23. The predicted octanol–water partition coefficient (Wildman–Crippen LogP) is 5.01. The molecule has 0 aliphatic heterocycles. The van der Waals surface area contributed by atoms with Crippen molar-refractivity contribution in [2.24, 2.45) is 5.92 Å². The molecule has 0 heterocycles. The van der Waals surface area contributed by atoms with Crippen LogP contribution in [-0.4, -0.2) is 6.54 Å². The lowest BCUT2D eigenvalue weighted by molar-refractivity contribution is 0.326. The highest BCUT2D eigenvalue weighted by atomic mass is 14.9. The van der Waals surface area contributed by atoms with Crippen LogP contribution in [0.3, 0.4) is 0 Å². The quantitative estimate of drug-likeness (QED) is 0.733. The Kier molecular flexibility index (Phi) is 5.91. The molecule has 1 nitrogen and oxygen atoms in total. The smallest absolute Gasteiger partial charge is 0.0348 e. The molecule has 106 valence electrons. The molecule has 0 saturated heterocycles. The zero-order valence-electron chi connectivity index (χ0n) is 12.6. The molecule has 1 atom stereocenters. The molecule has 2 rings (SSSR count). The number of aryl methyl sites for hydroxylation is 1. The molecule has 0 spiro atoms. The molecule has 0 amide bonds. The van der Waals surface area contributed by atoms with E-state index in [0.29, 0.717) is 6.04 Å². The van der Waals surface area contributed by atoms with E-state index in [0.717, 1.165) is 12.5 Å². The summed E-state index contributed by atoms with van der Waals surface area (Å²) in [5, 5.41) is 3.80. The fourth-order valence-corrected chi connectivity index (χ4v) is 3.27. The van der Waals surface area contributed by atoms with Crippen molar-refractivity contribution in [1.29, 1.82) is 0 Å². The highest BCUT2D eigenvalue weighted by Crippen LogP contribution is 2.33. The standard InChI is InChI=1S/C18H29N/c1-3-14-19-18(16-8-6-4-5-7-9-16)17-12-10-15(2)11-13-17/h10-13,16,18-19H,3-9,14H2,1-2H3. The van der Waals surface area contributed by atoms with Gasteiger partial charge in [-0.3, -0.25) is 0 Å². The van der Waals surface area contributed by atoms with Crippen molar-refractivity contribution in [3.8, 4) is 0 Å². The Balaban J connectivity index is 2.11. The van der Waals surface area contributed by atoms with Gasteiger partial charge in [-0.25, -0.2) is 0 Å². The summed E-state index contributed by atoms with van der Waals surface area (Å²) in [6.45, 7) is 5.56. The van der Waals surface area contributed by atoms with E-state index in [9.17, 15) is 0 Å². The second-order valence-electron chi connectivity index (χ2n) is 6.09. The largest absolute Gasteiger partial charge is 0.310 e. The Morgan fingerprint density at radius 1 is 1.05 bits per heavy atom. The minimum atomic E-state index is 0.568. The summed E-state index contributed by atoms with van der Waals surface area (Å²) in [4.78, 5) is 0. The molecular formula is C18H29N. The third kappa shape index (κ3) is 4.35. The van der Waals surface area contributed by atoms with Crippen molar-refractivity contribution in [3.63, 3.8) is 0 Å². The van der Waals surface area contributed by atoms with Crippen LogP contribution in [-0.2, 0) is 0 Å². The van der Waals surface area contributed by atoms with Crippen LogP contribution in [0, 0.1) is 12.8 Å². The van der Waals surface area contributed by atoms with Gasteiger partial charge in [0.1, 0.15) is 0 Å². The molecule has 1 N–H and O–H groups in total. The van der Waals surface area contributed by atoms with Crippen LogP contribution in [0.15, 0.2) is 24.3 Å². The topological polar surface area (TPSA) is 12.0 Å². The van der Waals surface area contributed by atoms with Gasteiger partial charge in [-0.15, -0.1) is 0 Å². The number of nitrogens with one attached hydrogen (secondary N) is 1. The van der Waals surface area contributed by atoms with Crippen LogP contribution < -0.4 is 5.32 Å². The fourth-order valence-electron chi connectivity index (χ4n) is 3.27. The Labute approximate surface area is 118 Å². The maximum atomic E-state index is 3.80. The lowest BCUT2D eigenvalue weighted by Crippen LogP contribution is -2.29. The van der Waals surface area contributed by atoms with Crippen LogP contribution in [0.25, 0.3) is 0 Å². The van der Waals surface area contributed by atoms with E-state index in [1.807, 2.05) is 0 Å². The van der Waals surface area contributed by atoms with Crippen molar-refractivity contribution in [3.05, 3.63) is 35.4 Å². The molecule has 1 unspecified atom stereocenters. The fraction of sp³-hybridized carbons (Fsp3) is 0.667. The van der Waals surface area contributed by atoms with Gasteiger partial charge in [0.05, 0.1) is 0 Å². The first-order chi connectivity index (χ1) is 9.31. The van der Waals surface area contributed by atoms with Gasteiger partial charge in [0.15, 0.2) is 0 Å². The zero-order chi connectivity index (χ0) is 13.5. The normalized spacial score (nSPS) is 19.1. The van der Waals surface area contributed by atoms with Crippen molar-refractivity contribution in [2.45, 2.75) is 64.8 Å². The second-order valence-corrected chi connectivity index (χ2v) is 6.09. The first-order valence-electron chi connectivity index (χ1n) is 8.11. The van der Waals surface area contributed by atoms with E-state index < -0.39 is 0 Å². The minimum absolute atomic E-state index is 0.568. The molecule has 1 aliphatic carbocycles. The average molecular weight is 259 g/mol. The third-order valence-corrected chi connectivity index (χ3v) is 4.42. The molecule has 1 aromatic carbocycles. The van der Waals surface area contributed by atoms with Crippen LogP contribution in [0.1, 0.15) is 69.0 Å². The second kappa shape index (κ2) is 7.69. The van der Waals surface area contributed by atoms with E-state index >= 15 is 0 Å². The molecule has 1 aliphatic rings. The van der Waals surface area contributed by atoms with Gasteiger partial charge >= 0.3 is 0 Å². The molecule has 0 bridgehead atoms. The molecule has 19 heavy (non-hydrogen) atoms.